The topological polar surface area (TPSA) is 81.9 Å². The van der Waals surface area contributed by atoms with Gasteiger partial charge >= 0.3 is 0 Å². The quantitative estimate of drug-likeness (QED) is 0.777. The van der Waals surface area contributed by atoms with Crippen molar-refractivity contribution in [2.24, 2.45) is 0 Å². The molecular formula is C15H15N5O2S. The lowest BCUT2D eigenvalue weighted by atomic mass is 10.2. The molecule has 0 radical (unpaired) electrons. The molecule has 0 fully saturated rings. The SMILES string of the molecule is COc1ccc(-c2cn(CC(=O)Nc3nc(C)cs3)nn2)cc1. The van der Waals surface area contributed by atoms with Crippen LogP contribution in [0.4, 0.5) is 5.13 Å². The highest BCUT2D eigenvalue weighted by molar-refractivity contribution is 7.13. The van der Waals surface area contributed by atoms with Gasteiger partial charge in [-0.2, -0.15) is 0 Å². The first-order chi connectivity index (χ1) is 11.1. The molecule has 1 N–H and O–H groups in total. The minimum Gasteiger partial charge on any atom is -0.497 e. The van der Waals surface area contributed by atoms with Gasteiger partial charge in [0, 0.05) is 10.9 Å². The van der Waals surface area contributed by atoms with E-state index in [-0.39, 0.29) is 12.5 Å². The molecule has 0 spiro atoms. The Morgan fingerprint density at radius 1 is 1.35 bits per heavy atom. The van der Waals surface area contributed by atoms with Crippen molar-refractivity contribution in [2.45, 2.75) is 13.5 Å². The summed E-state index contributed by atoms with van der Waals surface area (Å²) in [4.78, 5) is 16.2. The van der Waals surface area contributed by atoms with Crippen molar-refractivity contribution in [1.29, 1.82) is 0 Å². The number of aromatic nitrogens is 4. The van der Waals surface area contributed by atoms with Gasteiger partial charge < -0.3 is 10.1 Å². The Balaban J connectivity index is 1.65. The number of benzene rings is 1. The highest BCUT2D eigenvalue weighted by atomic mass is 32.1. The van der Waals surface area contributed by atoms with Crippen molar-refractivity contribution < 1.29 is 9.53 Å². The summed E-state index contributed by atoms with van der Waals surface area (Å²) in [5, 5.41) is 13.3. The van der Waals surface area contributed by atoms with Gasteiger partial charge in [-0.15, -0.1) is 16.4 Å². The minimum absolute atomic E-state index is 0.0851. The lowest BCUT2D eigenvalue weighted by Gasteiger charge is -2.01. The Kier molecular flexibility index (Phi) is 4.33. The van der Waals surface area contributed by atoms with Crippen LogP contribution in [0.1, 0.15) is 5.69 Å². The molecule has 3 rings (SSSR count). The van der Waals surface area contributed by atoms with Crippen LogP contribution in [0.3, 0.4) is 0 Å². The van der Waals surface area contributed by atoms with E-state index < -0.39 is 0 Å². The molecule has 23 heavy (non-hydrogen) atoms. The molecule has 0 aliphatic heterocycles. The van der Waals surface area contributed by atoms with E-state index >= 15 is 0 Å². The molecule has 0 saturated heterocycles. The Morgan fingerprint density at radius 2 is 2.13 bits per heavy atom. The molecule has 0 atom stereocenters. The highest BCUT2D eigenvalue weighted by Gasteiger charge is 2.09. The summed E-state index contributed by atoms with van der Waals surface area (Å²) in [5.41, 5.74) is 2.49. The number of hydrogen-bond acceptors (Lipinski definition) is 6. The number of hydrogen-bond donors (Lipinski definition) is 1. The summed E-state index contributed by atoms with van der Waals surface area (Å²) in [5.74, 6) is 0.588. The minimum atomic E-state index is -0.189. The number of amides is 1. The second-order valence-electron chi connectivity index (χ2n) is 4.87. The molecule has 2 heterocycles. The van der Waals surface area contributed by atoms with Crippen molar-refractivity contribution >= 4 is 22.4 Å². The summed E-state index contributed by atoms with van der Waals surface area (Å²) in [6.45, 7) is 1.96. The number of ether oxygens (including phenoxy) is 1. The van der Waals surface area contributed by atoms with E-state index in [4.69, 9.17) is 4.74 Å². The zero-order valence-corrected chi connectivity index (χ0v) is 13.5. The highest BCUT2D eigenvalue weighted by Crippen LogP contribution is 2.20. The van der Waals surface area contributed by atoms with E-state index in [0.717, 1.165) is 17.0 Å². The average Bonchev–Trinajstić information content (AvgIpc) is 3.16. The van der Waals surface area contributed by atoms with Crippen LogP contribution in [-0.2, 0) is 11.3 Å². The molecule has 0 saturated carbocycles. The molecular weight excluding hydrogens is 314 g/mol. The van der Waals surface area contributed by atoms with E-state index in [2.05, 4.69) is 20.6 Å². The van der Waals surface area contributed by atoms with Gasteiger partial charge in [-0.3, -0.25) is 4.79 Å². The zero-order chi connectivity index (χ0) is 16.2. The van der Waals surface area contributed by atoms with Gasteiger partial charge in [-0.25, -0.2) is 9.67 Å². The fourth-order valence-corrected chi connectivity index (χ4v) is 2.69. The van der Waals surface area contributed by atoms with Gasteiger partial charge in [0.2, 0.25) is 5.91 Å². The van der Waals surface area contributed by atoms with Gasteiger partial charge in [-0.1, -0.05) is 5.21 Å². The van der Waals surface area contributed by atoms with Crippen LogP contribution in [0, 0.1) is 6.92 Å². The maximum atomic E-state index is 12.0. The first-order valence-corrected chi connectivity index (χ1v) is 7.78. The number of nitrogens with zero attached hydrogens (tertiary/aromatic N) is 4. The first kappa shape index (κ1) is 15.2. The monoisotopic (exact) mass is 329 g/mol. The second kappa shape index (κ2) is 6.57. The number of carbonyl (C=O) groups is 1. The van der Waals surface area contributed by atoms with Crippen molar-refractivity contribution in [3.05, 3.63) is 41.5 Å². The van der Waals surface area contributed by atoms with Gasteiger partial charge in [0.15, 0.2) is 5.13 Å². The molecule has 1 aromatic carbocycles. The lowest BCUT2D eigenvalue weighted by Crippen LogP contribution is -2.19. The van der Waals surface area contributed by atoms with E-state index in [9.17, 15) is 4.79 Å². The number of rotatable bonds is 5. The Morgan fingerprint density at radius 3 is 2.78 bits per heavy atom. The zero-order valence-electron chi connectivity index (χ0n) is 12.7. The standard InChI is InChI=1S/C15H15N5O2S/c1-10-9-23-15(16-10)17-14(21)8-20-7-13(18-19-20)11-3-5-12(22-2)6-4-11/h3-7,9H,8H2,1-2H3,(H,16,17,21). The molecule has 2 aromatic heterocycles. The van der Waals surface area contributed by atoms with Crippen LogP contribution in [-0.4, -0.2) is 33.0 Å². The van der Waals surface area contributed by atoms with Crippen molar-refractivity contribution in [3.8, 4) is 17.0 Å². The van der Waals surface area contributed by atoms with Crippen LogP contribution in [0.25, 0.3) is 11.3 Å². The number of aryl methyl sites for hydroxylation is 1. The summed E-state index contributed by atoms with van der Waals surface area (Å²) >= 11 is 1.39. The molecule has 0 unspecified atom stereocenters. The summed E-state index contributed by atoms with van der Waals surface area (Å²) in [7, 11) is 1.62. The number of carbonyl (C=O) groups excluding carboxylic acids is 1. The first-order valence-electron chi connectivity index (χ1n) is 6.90. The summed E-state index contributed by atoms with van der Waals surface area (Å²) in [6.07, 6.45) is 1.73. The Bertz CT molecular complexity index is 809. The molecule has 7 nitrogen and oxygen atoms in total. The second-order valence-corrected chi connectivity index (χ2v) is 5.73. The maximum absolute atomic E-state index is 12.0. The molecule has 0 bridgehead atoms. The predicted octanol–water partition coefficient (Wildman–Crippen LogP) is 2.36. The third-order valence-electron chi connectivity index (χ3n) is 3.10. The fraction of sp³-hybridized carbons (Fsp3) is 0.200. The number of anilines is 1. The number of thiazole rings is 1. The largest absolute Gasteiger partial charge is 0.497 e. The van der Waals surface area contributed by atoms with E-state index in [1.165, 1.54) is 16.0 Å². The van der Waals surface area contributed by atoms with Crippen LogP contribution >= 0.6 is 11.3 Å². The van der Waals surface area contributed by atoms with Crippen LogP contribution in [0.5, 0.6) is 5.75 Å². The van der Waals surface area contributed by atoms with Gasteiger partial charge in [0.05, 0.1) is 19.0 Å². The summed E-state index contributed by atoms with van der Waals surface area (Å²) < 4.78 is 6.62. The molecule has 0 aliphatic rings. The van der Waals surface area contributed by atoms with E-state index in [1.54, 1.807) is 13.3 Å². The van der Waals surface area contributed by atoms with Gasteiger partial charge in [0.1, 0.15) is 18.0 Å². The third-order valence-corrected chi connectivity index (χ3v) is 3.97. The van der Waals surface area contributed by atoms with E-state index in [0.29, 0.717) is 10.8 Å². The molecule has 0 aliphatic carbocycles. The number of nitrogens with one attached hydrogen (secondary N) is 1. The summed E-state index contributed by atoms with van der Waals surface area (Å²) in [6, 6.07) is 7.49. The van der Waals surface area contributed by atoms with E-state index in [1.807, 2.05) is 36.6 Å². The average molecular weight is 329 g/mol. The lowest BCUT2D eigenvalue weighted by molar-refractivity contribution is -0.116. The Hall–Kier alpha value is -2.74. The van der Waals surface area contributed by atoms with Crippen molar-refractivity contribution in [3.63, 3.8) is 0 Å². The molecule has 3 aromatic rings. The van der Waals surface area contributed by atoms with Gasteiger partial charge in [0.25, 0.3) is 0 Å². The number of methoxy groups -OCH3 is 1. The smallest absolute Gasteiger partial charge is 0.247 e. The maximum Gasteiger partial charge on any atom is 0.247 e. The fourth-order valence-electron chi connectivity index (χ4n) is 1.99. The van der Waals surface area contributed by atoms with Gasteiger partial charge in [-0.05, 0) is 31.2 Å². The van der Waals surface area contributed by atoms with Crippen LogP contribution < -0.4 is 10.1 Å². The van der Waals surface area contributed by atoms with Crippen LogP contribution in [0.2, 0.25) is 0 Å². The van der Waals surface area contributed by atoms with Crippen LogP contribution in [0.15, 0.2) is 35.8 Å². The Labute approximate surface area is 136 Å². The van der Waals surface area contributed by atoms with Crippen molar-refractivity contribution in [2.75, 3.05) is 12.4 Å². The molecule has 1 amide bonds. The molecule has 8 heteroatoms. The predicted molar refractivity (Wildman–Crippen MR) is 87.5 cm³/mol. The molecule has 118 valence electrons. The normalized spacial score (nSPS) is 10.5. The third kappa shape index (κ3) is 3.72. The van der Waals surface area contributed by atoms with Crippen molar-refractivity contribution in [1.82, 2.24) is 20.0 Å².